The molecule has 4 nitrogen and oxygen atoms in total. The van der Waals surface area contributed by atoms with Crippen molar-refractivity contribution in [3.8, 4) is 0 Å². The lowest BCUT2D eigenvalue weighted by atomic mass is 10.1. The van der Waals surface area contributed by atoms with E-state index in [9.17, 15) is 9.18 Å². The Labute approximate surface area is 121 Å². The third kappa shape index (κ3) is 3.25. The summed E-state index contributed by atoms with van der Waals surface area (Å²) >= 11 is 0. The van der Waals surface area contributed by atoms with Gasteiger partial charge in [-0.25, -0.2) is 4.39 Å². The predicted octanol–water partition coefficient (Wildman–Crippen LogP) is 3.58. The molecule has 0 atom stereocenters. The van der Waals surface area contributed by atoms with Gasteiger partial charge < -0.3 is 10.5 Å². The number of aryl methyl sites for hydroxylation is 1. The standard InChI is InChI=1S/C16H15FN2O2/c1-10-5-3-8-14(15(10)17)16(20)18-13-7-4-6-12(9-13)11(2)19-21/h3-9,21H,1-2H3,(H,18,20)/b19-11-. The molecule has 0 radical (unpaired) electrons. The largest absolute Gasteiger partial charge is 0.411 e. The summed E-state index contributed by atoms with van der Waals surface area (Å²) in [5.41, 5.74) is 2.00. The summed E-state index contributed by atoms with van der Waals surface area (Å²) in [4.78, 5) is 12.1. The number of carbonyl (C=O) groups excluding carboxylic acids is 1. The lowest BCUT2D eigenvalue weighted by molar-refractivity contribution is 0.102. The number of hydrogen-bond donors (Lipinski definition) is 2. The van der Waals surface area contributed by atoms with Crippen LogP contribution in [0.2, 0.25) is 0 Å². The maximum atomic E-state index is 13.9. The van der Waals surface area contributed by atoms with Crippen molar-refractivity contribution in [2.75, 3.05) is 5.32 Å². The van der Waals surface area contributed by atoms with Gasteiger partial charge in [-0.05, 0) is 37.6 Å². The molecular formula is C16H15FN2O2. The lowest BCUT2D eigenvalue weighted by Gasteiger charge is -2.08. The number of nitrogens with zero attached hydrogens (tertiary/aromatic N) is 1. The van der Waals surface area contributed by atoms with Crippen LogP contribution in [0.15, 0.2) is 47.6 Å². The van der Waals surface area contributed by atoms with Crippen molar-refractivity contribution in [1.29, 1.82) is 0 Å². The van der Waals surface area contributed by atoms with Crippen LogP contribution in [0.5, 0.6) is 0 Å². The van der Waals surface area contributed by atoms with Crippen molar-refractivity contribution >= 4 is 17.3 Å². The van der Waals surface area contributed by atoms with Gasteiger partial charge >= 0.3 is 0 Å². The van der Waals surface area contributed by atoms with Crippen LogP contribution >= 0.6 is 0 Å². The molecule has 0 aromatic heterocycles. The summed E-state index contributed by atoms with van der Waals surface area (Å²) in [5, 5.41) is 14.5. The van der Waals surface area contributed by atoms with E-state index in [1.165, 1.54) is 6.07 Å². The van der Waals surface area contributed by atoms with Crippen LogP contribution in [0.1, 0.15) is 28.4 Å². The first-order chi connectivity index (χ1) is 10.0. The zero-order valence-electron chi connectivity index (χ0n) is 11.7. The number of carbonyl (C=O) groups is 1. The molecule has 2 aromatic carbocycles. The number of anilines is 1. The molecule has 2 rings (SSSR count). The molecule has 21 heavy (non-hydrogen) atoms. The van der Waals surface area contributed by atoms with Crippen LogP contribution in [-0.2, 0) is 0 Å². The molecule has 0 heterocycles. The zero-order chi connectivity index (χ0) is 15.4. The normalized spacial score (nSPS) is 11.3. The Balaban J connectivity index is 2.26. The highest BCUT2D eigenvalue weighted by molar-refractivity contribution is 6.05. The van der Waals surface area contributed by atoms with E-state index < -0.39 is 11.7 Å². The lowest BCUT2D eigenvalue weighted by Crippen LogP contribution is -2.14. The Morgan fingerprint density at radius 1 is 1.24 bits per heavy atom. The summed E-state index contributed by atoms with van der Waals surface area (Å²) in [5.74, 6) is -1.05. The highest BCUT2D eigenvalue weighted by Crippen LogP contribution is 2.16. The van der Waals surface area contributed by atoms with Crippen molar-refractivity contribution in [3.05, 3.63) is 65.0 Å². The van der Waals surface area contributed by atoms with Gasteiger partial charge in [-0.2, -0.15) is 0 Å². The molecule has 2 aromatic rings. The molecule has 0 unspecified atom stereocenters. The first-order valence-corrected chi connectivity index (χ1v) is 6.38. The third-order valence-electron chi connectivity index (χ3n) is 3.12. The van der Waals surface area contributed by atoms with Gasteiger partial charge in [0.15, 0.2) is 0 Å². The highest BCUT2D eigenvalue weighted by atomic mass is 19.1. The van der Waals surface area contributed by atoms with Gasteiger partial charge in [-0.15, -0.1) is 0 Å². The maximum Gasteiger partial charge on any atom is 0.258 e. The number of halogens is 1. The van der Waals surface area contributed by atoms with Crippen molar-refractivity contribution in [2.24, 2.45) is 5.16 Å². The number of hydrogen-bond acceptors (Lipinski definition) is 3. The van der Waals surface area contributed by atoms with Crippen LogP contribution < -0.4 is 5.32 Å². The summed E-state index contributed by atoms with van der Waals surface area (Å²) in [6.07, 6.45) is 0. The van der Waals surface area contributed by atoms with Crippen molar-refractivity contribution < 1.29 is 14.4 Å². The second-order valence-electron chi connectivity index (χ2n) is 4.66. The van der Waals surface area contributed by atoms with Gasteiger partial charge in [0.1, 0.15) is 5.82 Å². The molecule has 0 saturated carbocycles. The Bertz CT molecular complexity index is 711. The van der Waals surface area contributed by atoms with E-state index >= 15 is 0 Å². The fraction of sp³-hybridized carbons (Fsp3) is 0.125. The van der Waals surface area contributed by atoms with E-state index in [-0.39, 0.29) is 5.56 Å². The fourth-order valence-electron chi connectivity index (χ4n) is 1.90. The Morgan fingerprint density at radius 2 is 1.95 bits per heavy atom. The number of rotatable bonds is 3. The average Bonchev–Trinajstić information content (AvgIpc) is 2.49. The van der Waals surface area contributed by atoms with Gasteiger partial charge in [0.25, 0.3) is 5.91 Å². The van der Waals surface area contributed by atoms with E-state index in [0.717, 1.165) is 0 Å². The molecule has 0 bridgehead atoms. The fourth-order valence-corrected chi connectivity index (χ4v) is 1.90. The van der Waals surface area contributed by atoms with Crippen molar-refractivity contribution in [2.45, 2.75) is 13.8 Å². The minimum atomic E-state index is -0.528. The van der Waals surface area contributed by atoms with Gasteiger partial charge in [-0.3, -0.25) is 4.79 Å². The zero-order valence-corrected chi connectivity index (χ0v) is 11.7. The molecule has 0 fully saturated rings. The number of amides is 1. The smallest absolute Gasteiger partial charge is 0.258 e. The van der Waals surface area contributed by atoms with Gasteiger partial charge in [0, 0.05) is 11.3 Å². The minimum absolute atomic E-state index is 0.00653. The SMILES string of the molecule is C/C(=N/O)c1cccc(NC(=O)c2cccc(C)c2F)c1. The molecule has 108 valence electrons. The molecule has 0 saturated heterocycles. The highest BCUT2D eigenvalue weighted by Gasteiger charge is 2.13. The first kappa shape index (κ1) is 14.7. The van der Waals surface area contributed by atoms with E-state index in [1.807, 2.05) is 0 Å². The molecule has 0 aliphatic rings. The van der Waals surface area contributed by atoms with Crippen LogP contribution in [0, 0.1) is 12.7 Å². The molecule has 1 amide bonds. The predicted molar refractivity (Wildman–Crippen MR) is 79.5 cm³/mol. The summed E-state index contributed by atoms with van der Waals surface area (Å²) < 4.78 is 13.9. The van der Waals surface area contributed by atoms with E-state index in [0.29, 0.717) is 22.5 Å². The van der Waals surface area contributed by atoms with Crippen molar-refractivity contribution in [3.63, 3.8) is 0 Å². The van der Waals surface area contributed by atoms with E-state index in [2.05, 4.69) is 10.5 Å². The quantitative estimate of drug-likeness (QED) is 0.514. The van der Waals surface area contributed by atoms with Crippen LogP contribution in [0.4, 0.5) is 10.1 Å². The molecule has 0 spiro atoms. The second kappa shape index (κ2) is 6.17. The Kier molecular flexibility index (Phi) is 4.33. The summed E-state index contributed by atoms with van der Waals surface area (Å²) in [6, 6.07) is 11.5. The van der Waals surface area contributed by atoms with Gasteiger partial charge in [0.05, 0.1) is 11.3 Å². The average molecular weight is 286 g/mol. The molecule has 5 heteroatoms. The molecular weight excluding hydrogens is 271 g/mol. The minimum Gasteiger partial charge on any atom is -0.411 e. The van der Waals surface area contributed by atoms with E-state index in [1.54, 1.807) is 50.2 Å². The summed E-state index contributed by atoms with van der Waals surface area (Å²) in [7, 11) is 0. The van der Waals surface area contributed by atoms with Gasteiger partial charge in [-0.1, -0.05) is 29.4 Å². The Hall–Kier alpha value is -2.69. The maximum absolute atomic E-state index is 13.9. The molecule has 0 aliphatic carbocycles. The van der Waals surface area contributed by atoms with Crippen LogP contribution in [0.3, 0.4) is 0 Å². The number of benzene rings is 2. The van der Waals surface area contributed by atoms with Crippen LogP contribution in [-0.4, -0.2) is 16.8 Å². The second-order valence-corrected chi connectivity index (χ2v) is 4.66. The topological polar surface area (TPSA) is 61.7 Å². The Morgan fingerprint density at radius 3 is 2.67 bits per heavy atom. The van der Waals surface area contributed by atoms with Gasteiger partial charge in [0.2, 0.25) is 0 Å². The monoisotopic (exact) mass is 286 g/mol. The summed E-state index contributed by atoms with van der Waals surface area (Å²) in [6.45, 7) is 3.25. The number of oxime groups is 1. The number of nitrogens with one attached hydrogen (secondary N) is 1. The van der Waals surface area contributed by atoms with Crippen LogP contribution in [0.25, 0.3) is 0 Å². The van der Waals surface area contributed by atoms with E-state index in [4.69, 9.17) is 5.21 Å². The molecule has 0 aliphatic heterocycles. The first-order valence-electron chi connectivity index (χ1n) is 6.38. The van der Waals surface area contributed by atoms with Crippen molar-refractivity contribution in [1.82, 2.24) is 0 Å². The molecule has 2 N–H and O–H groups in total. The third-order valence-corrected chi connectivity index (χ3v) is 3.12.